The van der Waals surface area contributed by atoms with E-state index >= 15 is 0 Å². The minimum atomic E-state index is -1.18. The van der Waals surface area contributed by atoms with E-state index < -0.39 is 5.54 Å². The van der Waals surface area contributed by atoms with Crippen molar-refractivity contribution in [2.24, 2.45) is 0 Å². The van der Waals surface area contributed by atoms with Gasteiger partial charge in [-0.3, -0.25) is 19.2 Å². The van der Waals surface area contributed by atoms with Crippen molar-refractivity contribution in [2.75, 3.05) is 4.90 Å². The molecular weight excluding hydrogens is 428 g/mol. The molecule has 1 atom stereocenters. The van der Waals surface area contributed by atoms with Gasteiger partial charge in [-0.05, 0) is 50.6 Å². The fourth-order valence-corrected chi connectivity index (χ4v) is 4.30. The SMILES string of the molecule is Cc1ccc(CNC(=O)[C@@]2(C)Cn3nc(-c4ccco4)cc3C(=O)N2c2ccc(C)cc2)cc1. The highest BCUT2D eigenvalue weighted by Crippen LogP contribution is 2.34. The summed E-state index contributed by atoms with van der Waals surface area (Å²) in [4.78, 5) is 29.0. The second-order valence-corrected chi connectivity index (χ2v) is 8.97. The van der Waals surface area contributed by atoms with Crippen molar-refractivity contribution in [3.8, 4) is 11.5 Å². The molecule has 1 N–H and O–H groups in total. The summed E-state index contributed by atoms with van der Waals surface area (Å²) < 4.78 is 7.08. The Morgan fingerprint density at radius 2 is 1.74 bits per heavy atom. The van der Waals surface area contributed by atoms with Gasteiger partial charge in [-0.25, -0.2) is 0 Å². The summed E-state index contributed by atoms with van der Waals surface area (Å²) in [6, 6.07) is 20.9. The van der Waals surface area contributed by atoms with Crippen molar-refractivity contribution in [1.29, 1.82) is 0 Å². The van der Waals surface area contributed by atoms with Crippen molar-refractivity contribution in [3.05, 3.63) is 95.4 Å². The standard InChI is InChI=1S/C27H26N4O3/c1-18-6-10-20(11-7-18)16-28-26(33)27(3)17-30-23(15-22(29-30)24-5-4-14-34-24)25(32)31(27)21-12-8-19(2)9-13-21/h4-15H,16-17H2,1-3H3,(H,28,33)/t27-/m1/s1. The molecule has 0 saturated carbocycles. The summed E-state index contributed by atoms with van der Waals surface area (Å²) in [6.45, 7) is 6.37. The van der Waals surface area contributed by atoms with Gasteiger partial charge in [0.05, 0.1) is 12.8 Å². The fraction of sp³-hybridized carbons (Fsp3) is 0.222. The van der Waals surface area contributed by atoms with Crippen molar-refractivity contribution in [3.63, 3.8) is 0 Å². The number of aryl methyl sites for hydroxylation is 2. The first-order valence-electron chi connectivity index (χ1n) is 11.2. The van der Waals surface area contributed by atoms with Crippen molar-refractivity contribution < 1.29 is 14.0 Å². The Morgan fingerprint density at radius 3 is 2.38 bits per heavy atom. The molecule has 7 heteroatoms. The smallest absolute Gasteiger partial charge is 0.277 e. The number of carbonyl (C=O) groups is 2. The summed E-state index contributed by atoms with van der Waals surface area (Å²) in [5.41, 5.74) is 3.67. The average molecular weight is 455 g/mol. The maximum atomic E-state index is 13.8. The van der Waals surface area contributed by atoms with Gasteiger partial charge < -0.3 is 9.73 Å². The second kappa shape index (κ2) is 8.33. The molecule has 0 radical (unpaired) electrons. The molecule has 172 valence electrons. The molecule has 0 saturated heterocycles. The molecular formula is C27H26N4O3. The summed E-state index contributed by atoms with van der Waals surface area (Å²) >= 11 is 0. The molecule has 1 aliphatic rings. The van der Waals surface area contributed by atoms with Gasteiger partial charge in [0.25, 0.3) is 5.91 Å². The molecule has 3 heterocycles. The minimum Gasteiger partial charge on any atom is -0.463 e. The number of nitrogens with one attached hydrogen (secondary N) is 1. The molecule has 2 amide bonds. The summed E-state index contributed by atoms with van der Waals surface area (Å²) in [5, 5.41) is 7.62. The highest BCUT2D eigenvalue weighted by atomic mass is 16.3. The van der Waals surface area contributed by atoms with Crippen molar-refractivity contribution >= 4 is 17.5 Å². The van der Waals surface area contributed by atoms with Crippen LogP contribution >= 0.6 is 0 Å². The molecule has 7 nitrogen and oxygen atoms in total. The Hall–Kier alpha value is -4.13. The molecule has 0 spiro atoms. The maximum absolute atomic E-state index is 13.8. The van der Waals surface area contributed by atoms with E-state index in [1.54, 1.807) is 41.0 Å². The Balaban J connectivity index is 1.52. The third kappa shape index (κ3) is 3.79. The van der Waals surface area contributed by atoms with E-state index in [1.165, 1.54) is 0 Å². The van der Waals surface area contributed by atoms with Gasteiger partial charge >= 0.3 is 0 Å². The van der Waals surface area contributed by atoms with Gasteiger partial charge in [0.15, 0.2) is 5.76 Å². The van der Waals surface area contributed by atoms with Crippen LogP contribution < -0.4 is 10.2 Å². The third-order valence-electron chi connectivity index (χ3n) is 6.28. The summed E-state index contributed by atoms with van der Waals surface area (Å²) in [7, 11) is 0. The second-order valence-electron chi connectivity index (χ2n) is 8.97. The van der Waals surface area contributed by atoms with E-state index in [2.05, 4.69) is 10.4 Å². The zero-order valence-corrected chi connectivity index (χ0v) is 19.4. The van der Waals surface area contributed by atoms with Gasteiger partial charge in [-0.2, -0.15) is 5.10 Å². The molecule has 1 aliphatic heterocycles. The fourth-order valence-electron chi connectivity index (χ4n) is 4.30. The lowest BCUT2D eigenvalue weighted by atomic mass is 9.93. The largest absolute Gasteiger partial charge is 0.463 e. The van der Waals surface area contributed by atoms with Crippen LogP contribution in [0.4, 0.5) is 5.69 Å². The Labute approximate surface area is 198 Å². The monoisotopic (exact) mass is 454 g/mol. The first kappa shape index (κ1) is 21.7. The average Bonchev–Trinajstić information content (AvgIpc) is 3.50. The van der Waals surface area contributed by atoms with Crippen LogP contribution in [0.3, 0.4) is 0 Å². The van der Waals surface area contributed by atoms with Crippen LogP contribution in [0.25, 0.3) is 11.5 Å². The van der Waals surface area contributed by atoms with E-state index in [1.807, 2.05) is 62.4 Å². The number of anilines is 1. The summed E-state index contributed by atoms with van der Waals surface area (Å²) in [5.74, 6) is 0.0400. The van der Waals surface area contributed by atoms with Crippen LogP contribution in [0.2, 0.25) is 0 Å². The molecule has 34 heavy (non-hydrogen) atoms. The third-order valence-corrected chi connectivity index (χ3v) is 6.28. The minimum absolute atomic E-state index is 0.211. The quantitative estimate of drug-likeness (QED) is 0.482. The molecule has 5 rings (SSSR count). The first-order chi connectivity index (χ1) is 16.3. The highest BCUT2D eigenvalue weighted by molar-refractivity contribution is 6.12. The zero-order chi connectivity index (χ0) is 23.9. The van der Waals surface area contributed by atoms with E-state index in [0.29, 0.717) is 29.4 Å². The Kier molecular flexibility index (Phi) is 5.32. The number of furan rings is 1. The maximum Gasteiger partial charge on any atom is 0.277 e. The molecule has 0 aliphatic carbocycles. The van der Waals surface area contributed by atoms with Crippen molar-refractivity contribution in [1.82, 2.24) is 15.1 Å². The Bertz CT molecular complexity index is 1340. The predicted octanol–water partition coefficient (Wildman–Crippen LogP) is 4.50. The van der Waals surface area contributed by atoms with E-state index in [-0.39, 0.29) is 18.4 Å². The van der Waals surface area contributed by atoms with Crippen LogP contribution in [0.15, 0.2) is 77.4 Å². The van der Waals surface area contributed by atoms with Crippen LogP contribution in [0, 0.1) is 13.8 Å². The number of fused-ring (bicyclic) bond motifs is 1. The first-order valence-corrected chi connectivity index (χ1v) is 11.2. The number of nitrogens with zero attached hydrogens (tertiary/aromatic N) is 3. The van der Waals surface area contributed by atoms with Gasteiger partial charge in [-0.15, -0.1) is 0 Å². The predicted molar refractivity (Wildman–Crippen MR) is 129 cm³/mol. The highest BCUT2D eigenvalue weighted by Gasteiger charge is 2.48. The lowest BCUT2D eigenvalue weighted by Gasteiger charge is -2.43. The van der Waals surface area contributed by atoms with Crippen LogP contribution in [0.1, 0.15) is 34.1 Å². The van der Waals surface area contributed by atoms with Crippen LogP contribution in [-0.4, -0.2) is 27.1 Å². The lowest BCUT2D eigenvalue weighted by Crippen LogP contribution is -2.64. The number of benzene rings is 2. The van der Waals surface area contributed by atoms with E-state index in [0.717, 1.165) is 16.7 Å². The molecule has 2 aromatic carbocycles. The van der Waals surface area contributed by atoms with Gasteiger partial charge in [0, 0.05) is 18.3 Å². The summed E-state index contributed by atoms with van der Waals surface area (Å²) in [6.07, 6.45) is 1.57. The van der Waals surface area contributed by atoms with Crippen LogP contribution in [-0.2, 0) is 17.9 Å². The van der Waals surface area contributed by atoms with E-state index in [9.17, 15) is 9.59 Å². The van der Waals surface area contributed by atoms with Gasteiger partial charge in [-0.1, -0.05) is 47.5 Å². The number of amides is 2. The van der Waals surface area contributed by atoms with Crippen molar-refractivity contribution in [2.45, 2.75) is 39.4 Å². The molecule has 0 unspecified atom stereocenters. The number of hydrogen-bond donors (Lipinski definition) is 1. The number of hydrogen-bond acceptors (Lipinski definition) is 4. The van der Waals surface area contributed by atoms with E-state index in [4.69, 9.17) is 4.42 Å². The zero-order valence-electron chi connectivity index (χ0n) is 19.4. The topological polar surface area (TPSA) is 80.4 Å². The molecule has 2 aromatic heterocycles. The molecule has 4 aromatic rings. The number of aromatic nitrogens is 2. The normalized spacial score (nSPS) is 17.5. The van der Waals surface area contributed by atoms with Gasteiger partial charge in [0.2, 0.25) is 5.91 Å². The molecule has 0 bridgehead atoms. The van der Waals surface area contributed by atoms with Crippen LogP contribution in [0.5, 0.6) is 0 Å². The number of rotatable bonds is 5. The lowest BCUT2D eigenvalue weighted by molar-refractivity contribution is -0.126. The van der Waals surface area contributed by atoms with Gasteiger partial charge in [0.1, 0.15) is 16.9 Å². The Morgan fingerprint density at radius 1 is 1.06 bits per heavy atom. The molecule has 0 fully saturated rings. The number of carbonyl (C=O) groups excluding carboxylic acids is 2.